The van der Waals surface area contributed by atoms with E-state index in [1.807, 2.05) is 0 Å². The lowest BCUT2D eigenvalue weighted by atomic mass is 10.0. The second kappa shape index (κ2) is 8.10. The number of rotatable bonds is 7. The molecule has 2 atom stereocenters. The molecule has 2 aliphatic rings. The molecule has 0 aliphatic carbocycles. The van der Waals surface area contributed by atoms with E-state index in [0.717, 1.165) is 44.5 Å². The van der Waals surface area contributed by atoms with E-state index in [4.69, 9.17) is 4.52 Å². The first-order valence-corrected chi connectivity index (χ1v) is 9.50. The van der Waals surface area contributed by atoms with Gasteiger partial charge in [0, 0.05) is 37.9 Å². The Morgan fingerprint density at radius 3 is 2.75 bits per heavy atom. The molecule has 24 heavy (non-hydrogen) atoms. The predicted molar refractivity (Wildman–Crippen MR) is 91.6 cm³/mol. The van der Waals surface area contributed by atoms with E-state index in [-0.39, 0.29) is 0 Å². The van der Waals surface area contributed by atoms with Gasteiger partial charge in [-0.2, -0.15) is 4.98 Å². The highest BCUT2D eigenvalue weighted by molar-refractivity contribution is 5.76. The fourth-order valence-electron chi connectivity index (χ4n) is 4.18. The third-order valence-electron chi connectivity index (χ3n) is 5.41. The summed E-state index contributed by atoms with van der Waals surface area (Å²) in [5, 5.41) is 3.97. The van der Waals surface area contributed by atoms with Crippen molar-refractivity contribution in [3.05, 3.63) is 11.7 Å². The highest BCUT2D eigenvalue weighted by Gasteiger charge is 2.37. The molecule has 1 aromatic rings. The van der Waals surface area contributed by atoms with Crippen molar-refractivity contribution >= 4 is 5.91 Å². The molecule has 2 saturated heterocycles. The Labute approximate surface area is 144 Å². The first-order valence-electron chi connectivity index (χ1n) is 9.50. The molecule has 2 fully saturated rings. The van der Waals surface area contributed by atoms with Crippen molar-refractivity contribution in [2.75, 3.05) is 20.1 Å². The number of carbonyl (C=O) groups is 1. The van der Waals surface area contributed by atoms with Crippen molar-refractivity contribution in [2.24, 2.45) is 0 Å². The Morgan fingerprint density at radius 2 is 2.00 bits per heavy atom. The summed E-state index contributed by atoms with van der Waals surface area (Å²) in [4.78, 5) is 21.6. The van der Waals surface area contributed by atoms with Crippen molar-refractivity contribution in [3.63, 3.8) is 0 Å². The maximum Gasteiger partial charge on any atom is 0.226 e. The van der Waals surface area contributed by atoms with E-state index >= 15 is 0 Å². The van der Waals surface area contributed by atoms with Gasteiger partial charge in [0.1, 0.15) is 0 Å². The Hall–Kier alpha value is -1.43. The highest BCUT2D eigenvalue weighted by atomic mass is 16.5. The fraction of sp³-hybridized carbons (Fsp3) is 0.833. The third-order valence-corrected chi connectivity index (χ3v) is 5.41. The molecule has 2 aliphatic heterocycles. The lowest BCUT2D eigenvalue weighted by molar-refractivity contribution is -0.133. The Bertz CT molecular complexity index is 545. The first kappa shape index (κ1) is 17.4. The molecule has 0 aromatic carbocycles. The monoisotopic (exact) mass is 334 g/mol. The van der Waals surface area contributed by atoms with Gasteiger partial charge in [-0.15, -0.1) is 0 Å². The van der Waals surface area contributed by atoms with Gasteiger partial charge >= 0.3 is 0 Å². The largest absolute Gasteiger partial charge is 0.339 e. The smallest absolute Gasteiger partial charge is 0.226 e. The van der Waals surface area contributed by atoms with Crippen molar-refractivity contribution in [3.8, 4) is 0 Å². The van der Waals surface area contributed by atoms with Crippen LogP contribution < -0.4 is 0 Å². The average molecular weight is 334 g/mol. The van der Waals surface area contributed by atoms with Gasteiger partial charge in [-0.05, 0) is 52.1 Å². The van der Waals surface area contributed by atoms with Crippen LogP contribution in [0.2, 0.25) is 0 Å². The molecular formula is C18H30N4O2. The minimum Gasteiger partial charge on any atom is -0.339 e. The van der Waals surface area contributed by atoms with Gasteiger partial charge in [-0.1, -0.05) is 12.1 Å². The van der Waals surface area contributed by atoms with Gasteiger partial charge < -0.3 is 14.3 Å². The molecule has 1 amide bonds. The summed E-state index contributed by atoms with van der Waals surface area (Å²) in [6.45, 7) is 4.19. The number of carbonyl (C=O) groups excluding carboxylic acids is 1. The molecule has 3 rings (SSSR count). The van der Waals surface area contributed by atoms with Gasteiger partial charge in [0.2, 0.25) is 11.8 Å². The number of likely N-dealkylation sites (tertiary alicyclic amines) is 2. The summed E-state index contributed by atoms with van der Waals surface area (Å²) in [6.07, 6.45) is 8.73. The van der Waals surface area contributed by atoms with Crippen LogP contribution in [0.1, 0.15) is 63.6 Å². The van der Waals surface area contributed by atoms with Gasteiger partial charge in [0.05, 0.1) is 0 Å². The maximum absolute atomic E-state index is 12.7. The van der Waals surface area contributed by atoms with Crippen molar-refractivity contribution < 1.29 is 9.32 Å². The molecular weight excluding hydrogens is 304 g/mol. The number of hydrogen-bond acceptors (Lipinski definition) is 5. The lowest BCUT2D eigenvalue weighted by Gasteiger charge is -2.33. The van der Waals surface area contributed by atoms with Gasteiger partial charge in [-0.25, -0.2) is 0 Å². The van der Waals surface area contributed by atoms with E-state index in [0.29, 0.717) is 36.7 Å². The highest BCUT2D eigenvalue weighted by Crippen LogP contribution is 2.29. The van der Waals surface area contributed by atoms with E-state index in [1.54, 1.807) is 0 Å². The number of likely N-dealkylation sites (N-methyl/N-ethyl adjacent to an activating group) is 1. The fourth-order valence-corrected chi connectivity index (χ4v) is 4.18. The summed E-state index contributed by atoms with van der Waals surface area (Å²) in [6, 6.07) is 0.980. The second-order valence-corrected chi connectivity index (χ2v) is 7.19. The molecule has 3 heterocycles. The topological polar surface area (TPSA) is 62.5 Å². The predicted octanol–water partition coefficient (Wildman–Crippen LogP) is 2.43. The Balaban J connectivity index is 1.47. The molecule has 1 aromatic heterocycles. The zero-order valence-electron chi connectivity index (χ0n) is 15.0. The van der Waals surface area contributed by atoms with Crippen LogP contribution in [0.15, 0.2) is 4.52 Å². The first-order chi connectivity index (χ1) is 11.7. The van der Waals surface area contributed by atoms with Gasteiger partial charge in [0.15, 0.2) is 5.82 Å². The summed E-state index contributed by atoms with van der Waals surface area (Å²) in [5.74, 6) is 1.74. The molecule has 0 bridgehead atoms. The zero-order chi connectivity index (χ0) is 16.9. The molecule has 0 radical (unpaired) electrons. The summed E-state index contributed by atoms with van der Waals surface area (Å²) in [7, 11) is 2.20. The van der Waals surface area contributed by atoms with Crippen molar-refractivity contribution in [1.82, 2.24) is 19.9 Å². The van der Waals surface area contributed by atoms with E-state index in [2.05, 4.69) is 33.9 Å². The molecule has 0 saturated carbocycles. The molecule has 134 valence electrons. The molecule has 2 unspecified atom stereocenters. The molecule has 6 nitrogen and oxygen atoms in total. The second-order valence-electron chi connectivity index (χ2n) is 7.19. The number of aryl methyl sites for hydroxylation is 2. The van der Waals surface area contributed by atoms with Gasteiger partial charge in [-0.3, -0.25) is 4.79 Å². The number of amides is 1. The van der Waals surface area contributed by atoms with E-state index in [1.165, 1.54) is 19.4 Å². The third kappa shape index (κ3) is 3.97. The number of aromatic nitrogens is 2. The average Bonchev–Trinajstić information content (AvgIpc) is 3.28. The zero-order valence-corrected chi connectivity index (χ0v) is 15.0. The minimum absolute atomic E-state index is 0.297. The quantitative estimate of drug-likeness (QED) is 0.766. The normalized spacial score (nSPS) is 24.8. The van der Waals surface area contributed by atoms with Crippen LogP contribution in [0.5, 0.6) is 0 Å². The number of hydrogen-bond donors (Lipinski definition) is 0. The standard InChI is InChI=1S/C18H30N4O2/c1-3-7-16-19-17(24-20-16)10-4-11-18(23)22-13-6-9-15(22)14-8-5-12-21(14)2/h14-15H,3-13H2,1-2H3. The summed E-state index contributed by atoms with van der Waals surface area (Å²) in [5.41, 5.74) is 0. The molecule has 0 spiro atoms. The maximum atomic E-state index is 12.7. The lowest BCUT2D eigenvalue weighted by Crippen LogP contribution is -2.47. The van der Waals surface area contributed by atoms with E-state index in [9.17, 15) is 4.79 Å². The van der Waals surface area contributed by atoms with Crippen molar-refractivity contribution in [2.45, 2.75) is 76.8 Å². The van der Waals surface area contributed by atoms with Crippen LogP contribution in [0, 0.1) is 0 Å². The summed E-state index contributed by atoms with van der Waals surface area (Å²) >= 11 is 0. The van der Waals surface area contributed by atoms with Crippen LogP contribution in [-0.2, 0) is 17.6 Å². The SMILES string of the molecule is CCCc1noc(CCCC(=O)N2CCCC2C2CCCN2C)n1. The van der Waals surface area contributed by atoms with Gasteiger partial charge in [0.25, 0.3) is 0 Å². The Morgan fingerprint density at radius 1 is 1.21 bits per heavy atom. The summed E-state index contributed by atoms with van der Waals surface area (Å²) < 4.78 is 5.25. The molecule has 6 heteroatoms. The van der Waals surface area contributed by atoms with E-state index < -0.39 is 0 Å². The van der Waals surface area contributed by atoms with Crippen LogP contribution >= 0.6 is 0 Å². The molecule has 0 N–H and O–H groups in total. The minimum atomic E-state index is 0.297. The van der Waals surface area contributed by atoms with Crippen LogP contribution in [-0.4, -0.2) is 58.1 Å². The van der Waals surface area contributed by atoms with Crippen LogP contribution in [0.25, 0.3) is 0 Å². The number of nitrogens with zero attached hydrogens (tertiary/aromatic N) is 4. The van der Waals surface area contributed by atoms with Crippen molar-refractivity contribution in [1.29, 1.82) is 0 Å². The Kier molecular flexibility index (Phi) is 5.87. The van der Waals surface area contributed by atoms with Crippen LogP contribution in [0.4, 0.5) is 0 Å². The van der Waals surface area contributed by atoms with Crippen LogP contribution in [0.3, 0.4) is 0 Å².